The van der Waals surface area contributed by atoms with E-state index < -0.39 is 54.6 Å². The molecular weight excluding hydrogens is 682 g/mol. The number of unbranched alkanes of at least 4 members (excludes halogenated alkanes) is 4. The Kier molecular flexibility index (Phi) is 12.7. The molecule has 0 bridgehead atoms. The molecule has 2 aliphatic carbocycles. The Morgan fingerprint density at radius 2 is 1.63 bits per heavy atom. The predicted molar refractivity (Wildman–Crippen MR) is 184 cm³/mol. The zero-order valence-electron chi connectivity index (χ0n) is 29.6. The molecule has 3 aliphatic rings. The number of carbonyl (C=O) groups excluding carboxylic acids is 5. The number of halogens is 4. The van der Waals surface area contributed by atoms with Gasteiger partial charge in [0.2, 0.25) is 11.5 Å². The maximum absolute atomic E-state index is 13.7. The average molecular weight is 730 g/mol. The summed E-state index contributed by atoms with van der Waals surface area (Å²) in [5.74, 6) is -1.68. The number of Topliss-reactive ketones (excluding diaryl/α,β-unsaturated/α-hetero) is 2. The zero-order valence-corrected chi connectivity index (χ0v) is 29.6. The highest BCUT2D eigenvalue weighted by Crippen LogP contribution is 2.46. The van der Waals surface area contributed by atoms with Gasteiger partial charge in [0, 0.05) is 55.9 Å². The lowest BCUT2D eigenvalue weighted by Crippen LogP contribution is -2.51. The fourth-order valence-electron chi connectivity index (χ4n) is 7.47. The van der Waals surface area contributed by atoms with E-state index in [9.17, 15) is 41.5 Å². The first-order valence-electron chi connectivity index (χ1n) is 18.4. The highest BCUT2D eigenvalue weighted by atomic mass is 19.4. The molecule has 282 valence electrons. The smallest absolute Gasteiger partial charge is 0.418 e. The van der Waals surface area contributed by atoms with E-state index in [-0.39, 0.29) is 23.7 Å². The normalized spacial score (nSPS) is 19.2. The molecule has 52 heavy (non-hydrogen) atoms. The van der Waals surface area contributed by atoms with Crippen molar-refractivity contribution in [3.63, 3.8) is 0 Å². The lowest BCUT2D eigenvalue weighted by Gasteiger charge is -2.31. The molecule has 1 spiro atoms. The molecule has 1 saturated heterocycles. The van der Waals surface area contributed by atoms with Crippen LogP contribution >= 0.6 is 0 Å². The van der Waals surface area contributed by atoms with Gasteiger partial charge in [-0.3, -0.25) is 19.2 Å². The molecule has 9 nitrogen and oxygen atoms in total. The lowest BCUT2D eigenvalue weighted by molar-refractivity contribution is -0.187. The fraction of sp³-hybridized carbons (Fsp3) is 0.564. The number of amides is 3. The van der Waals surface area contributed by atoms with E-state index in [1.807, 2.05) is 6.07 Å². The minimum absolute atomic E-state index is 0.106. The number of anilines is 1. The van der Waals surface area contributed by atoms with Crippen molar-refractivity contribution in [2.75, 3.05) is 18.4 Å². The third kappa shape index (κ3) is 9.38. The number of ketones is 2. The van der Waals surface area contributed by atoms with E-state index in [1.165, 1.54) is 25.0 Å². The van der Waals surface area contributed by atoms with Gasteiger partial charge < -0.3 is 15.0 Å². The van der Waals surface area contributed by atoms with E-state index >= 15 is 0 Å². The second kappa shape index (κ2) is 17.0. The number of hydrogen-bond donors (Lipinski definition) is 1. The standard InChI is InChI=1S/C39H47F4N3O6/c1-26(39(41,42)43)45(24-27-13-15-30(40)16-14-27)35(49)25-46-36(50)38(52-37(46)51)21-19-29-23-31(17-18-33(29)38)44-22-20-32(47)11-5-3-2-4-6-12-34(48)28-9-7-8-10-28/h13-18,23,26,28,44H,2-12,19-22,24-25H2,1H3/t26-,38+/m0/s1. The van der Waals surface area contributed by atoms with E-state index in [0.717, 1.165) is 75.3 Å². The third-order valence-electron chi connectivity index (χ3n) is 10.6. The largest absolute Gasteiger partial charge is 0.427 e. The van der Waals surface area contributed by atoms with Crippen molar-refractivity contribution < 1.29 is 46.3 Å². The van der Waals surface area contributed by atoms with Crippen LogP contribution < -0.4 is 5.32 Å². The van der Waals surface area contributed by atoms with Crippen molar-refractivity contribution in [3.8, 4) is 0 Å². The van der Waals surface area contributed by atoms with Crippen LogP contribution in [0.4, 0.5) is 28.0 Å². The molecule has 0 aromatic heterocycles. The second-order valence-corrected chi connectivity index (χ2v) is 14.3. The molecule has 2 atom stereocenters. The number of ether oxygens (including phenoxy) is 1. The van der Waals surface area contributed by atoms with Crippen molar-refractivity contribution in [2.45, 2.75) is 121 Å². The Balaban J connectivity index is 1.09. The van der Waals surface area contributed by atoms with Crippen molar-refractivity contribution >= 4 is 35.2 Å². The highest BCUT2D eigenvalue weighted by molar-refractivity contribution is 6.06. The molecule has 5 rings (SSSR count). The molecule has 1 N–H and O–H groups in total. The molecular formula is C39H47F4N3O6. The van der Waals surface area contributed by atoms with Crippen LogP contribution in [0.1, 0.15) is 107 Å². The Morgan fingerprint density at radius 1 is 0.962 bits per heavy atom. The van der Waals surface area contributed by atoms with Crippen LogP contribution in [0.3, 0.4) is 0 Å². The van der Waals surface area contributed by atoms with Gasteiger partial charge in [-0.15, -0.1) is 0 Å². The molecule has 0 radical (unpaired) electrons. The molecule has 1 heterocycles. The van der Waals surface area contributed by atoms with Gasteiger partial charge in [-0.25, -0.2) is 14.1 Å². The number of fused-ring (bicyclic) bond motifs is 2. The fourth-order valence-corrected chi connectivity index (χ4v) is 7.47. The summed E-state index contributed by atoms with van der Waals surface area (Å²) in [7, 11) is 0. The van der Waals surface area contributed by atoms with Crippen molar-refractivity contribution in [1.29, 1.82) is 0 Å². The van der Waals surface area contributed by atoms with E-state index in [2.05, 4.69) is 5.32 Å². The summed E-state index contributed by atoms with van der Waals surface area (Å²) >= 11 is 0. The number of carbonyl (C=O) groups is 5. The van der Waals surface area contributed by atoms with Crippen LogP contribution in [0, 0.1) is 11.7 Å². The number of aryl methyl sites for hydroxylation is 1. The van der Waals surface area contributed by atoms with Crippen molar-refractivity contribution in [2.24, 2.45) is 5.92 Å². The summed E-state index contributed by atoms with van der Waals surface area (Å²) in [6, 6.07) is 7.56. The summed E-state index contributed by atoms with van der Waals surface area (Å²) < 4.78 is 60.2. The van der Waals surface area contributed by atoms with Crippen molar-refractivity contribution in [3.05, 3.63) is 65.0 Å². The van der Waals surface area contributed by atoms with Crippen LogP contribution in [0.5, 0.6) is 0 Å². The highest BCUT2D eigenvalue weighted by Gasteiger charge is 2.58. The van der Waals surface area contributed by atoms with Crippen LogP contribution in [-0.2, 0) is 42.5 Å². The van der Waals surface area contributed by atoms with E-state index in [1.54, 1.807) is 12.1 Å². The van der Waals surface area contributed by atoms with Crippen LogP contribution in [0.15, 0.2) is 42.5 Å². The van der Waals surface area contributed by atoms with Gasteiger partial charge in [-0.1, -0.05) is 50.3 Å². The minimum Gasteiger partial charge on any atom is -0.427 e. The molecule has 2 aromatic rings. The summed E-state index contributed by atoms with van der Waals surface area (Å²) in [6.45, 7) is -0.254. The SMILES string of the molecule is C[C@H](N(Cc1ccc(F)cc1)C(=O)CN1C(=O)O[C@@]2(CCc3cc(NCCC(=O)CCCCCCCC(=O)C4CCCC4)ccc32)C1=O)C(F)(F)F. The van der Waals surface area contributed by atoms with Crippen molar-refractivity contribution in [1.82, 2.24) is 9.80 Å². The quantitative estimate of drug-likeness (QED) is 0.123. The molecule has 13 heteroatoms. The van der Waals surface area contributed by atoms with Gasteiger partial charge in [0.25, 0.3) is 5.91 Å². The first kappa shape index (κ1) is 38.9. The molecule has 1 saturated carbocycles. The third-order valence-corrected chi connectivity index (χ3v) is 10.6. The van der Waals surface area contributed by atoms with Crippen LogP contribution in [0.2, 0.25) is 0 Å². The number of alkyl halides is 3. The van der Waals surface area contributed by atoms with Gasteiger partial charge in [-0.05, 0) is 74.4 Å². The topological polar surface area (TPSA) is 113 Å². The number of hydrogen-bond acceptors (Lipinski definition) is 7. The van der Waals surface area contributed by atoms with Gasteiger partial charge >= 0.3 is 12.3 Å². The number of imide groups is 1. The average Bonchev–Trinajstić information content (AvgIpc) is 3.83. The molecule has 0 unspecified atom stereocenters. The maximum Gasteiger partial charge on any atom is 0.418 e. The maximum atomic E-state index is 13.7. The van der Waals surface area contributed by atoms with Crippen LogP contribution in [0.25, 0.3) is 0 Å². The molecule has 2 aromatic carbocycles. The lowest BCUT2D eigenvalue weighted by atomic mass is 9.94. The number of nitrogens with zero attached hydrogens (tertiary/aromatic N) is 2. The summed E-state index contributed by atoms with van der Waals surface area (Å²) in [5, 5.41) is 3.23. The van der Waals surface area contributed by atoms with Gasteiger partial charge in [0.05, 0.1) is 0 Å². The zero-order chi connectivity index (χ0) is 37.5. The first-order valence-corrected chi connectivity index (χ1v) is 18.4. The summed E-state index contributed by atoms with van der Waals surface area (Å²) in [6.07, 6.45) is 5.25. The Bertz CT molecular complexity index is 1620. The Labute approximate surface area is 301 Å². The number of benzene rings is 2. The predicted octanol–water partition coefficient (Wildman–Crippen LogP) is 7.79. The summed E-state index contributed by atoms with van der Waals surface area (Å²) in [5.41, 5.74) is 0.444. The monoisotopic (exact) mass is 729 g/mol. The second-order valence-electron chi connectivity index (χ2n) is 14.3. The molecule has 3 amide bonds. The summed E-state index contributed by atoms with van der Waals surface area (Å²) in [4.78, 5) is 65.6. The van der Waals surface area contributed by atoms with Gasteiger partial charge in [0.1, 0.15) is 30.0 Å². The molecule has 2 fully saturated rings. The van der Waals surface area contributed by atoms with E-state index in [4.69, 9.17) is 4.74 Å². The number of nitrogens with one attached hydrogen (secondary N) is 1. The van der Waals surface area contributed by atoms with Gasteiger partial charge in [-0.2, -0.15) is 13.2 Å². The molecule has 1 aliphatic heterocycles. The van der Waals surface area contributed by atoms with Gasteiger partial charge in [0.15, 0.2) is 0 Å². The first-order chi connectivity index (χ1) is 24.8. The Morgan fingerprint density at radius 3 is 2.33 bits per heavy atom. The van der Waals surface area contributed by atoms with E-state index in [0.29, 0.717) is 53.4 Å². The number of rotatable bonds is 18. The van der Waals surface area contributed by atoms with Crippen LogP contribution in [-0.4, -0.2) is 64.6 Å². The Hall–Kier alpha value is -4.29. The minimum atomic E-state index is -4.80.